The highest BCUT2D eigenvalue weighted by Gasteiger charge is 2.41. The summed E-state index contributed by atoms with van der Waals surface area (Å²) < 4.78 is 16.5. The molecule has 9 nitrogen and oxygen atoms in total. The van der Waals surface area contributed by atoms with Crippen LogP contribution < -0.4 is 10.2 Å². The van der Waals surface area contributed by atoms with Gasteiger partial charge in [-0.1, -0.05) is 6.07 Å². The summed E-state index contributed by atoms with van der Waals surface area (Å²) in [7, 11) is 0. The molecule has 2 saturated heterocycles. The van der Waals surface area contributed by atoms with E-state index in [0.29, 0.717) is 24.3 Å². The molecule has 5 heterocycles. The quantitative estimate of drug-likeness (QED) is 0.575. The molecule has 0 spiro atoms. The summed E-state index contributed by atoms with van der Waals surface area (Å²) in [5.74, 6) is -1.62. The number of aromatic nitrogens is 2. The van der Waals surface area contributed by atoms with Crippen molar-refractivity contribution in [1.82, 2.24) is 24.7 Å². The first-order valence-corrected chi connectivity index (χ1v) is 11.8. The lowest BCUT2D eigenvalue weighted by Gasteiger charge is -2.37. The topological polar surface area (TPSA) is 90.3 Å². The Hall–Kier alpha value is -3.79. The Morgan fingerprint density at radius 2 is 1.89 bits per heavy atom. The molecule has 6 rings (SSSR count). The Labute approximate surface area is 201 Å². The number of imide groups is 1. The van der Waals surface area contributed by atoms with Gasteiger partial charge < -0.3 is 9.80 Å². The predicted molar refractivity (Wildman–Crippen MR) is 125 cm³/mol. The number of hydrogen-bond donors (Lipinski definition) is 1. The van der Waals surface area contributed by atoms with E-state index in [4.69, 9.17) is 0 Å². The second kappa shape index (κ2) is 8.46. The van der Waals surface area contributed by atoms with Crippen molar-refractivity contribution in [2.75, 3.05) is 31.1 Å². The third-order valence-corrected chi connectivity index (χ3v) is 7.20. The third kappa shape index (κ3) is 3.83. The van der Waals surface area contributed by atoms with Gasteiger partial charge in [0.1, 0.15) is 11.9 Å². The lowest BCUT2D eigenvalue weighted by atomic mass is 10.0. The second-order valence-electron chi connectivity index (χ2n) is 9.30. The molecule has 35 heavy (non-hydrogen) atoms. The van der Waals surface area contributed by atoms with Gasteiger partial charge in [-0.3, -0.25) is 24.6 Å². The highest BCUT2D eigenvalue weighted by atomic mass is 19.1. The summed E-state index contributed by atoms with van der Waals surface area (Å²) in [6.45, 7) is 3.95. The average molecular weight is 477 g/mol. The van der Waals surface area contributed by atoms with Crippen LogP contribution in [0.3, 0.4) is 0 Å². The van der Waals surface area contributed by atoms with Crippen molar-refractivity contribution < 1.29 is 18.8 Å². The molecule has 0 bridgehead atoms. The molecule has 1 N–H and O–H groups in total. The van der Waals surface area contributed by atoms with E-state index in [9.17, 15) is 18.8 Å². The lowest BCUT2D eigenvalue weighted by molar-refractivity contribution is -0.136. The number of carbonyl (C=O) groups excluding carboxylic acids is 3. The van der Waals surface area contributed by atoms with Crippen molar-refractivity contribution in [2.24, 2.45) is 0 Å². The largest absolute Gasteiger partial charge is 0.369 e. The SMILES string of the molecule is O=C1CCC(N2Cc3c(cc(F)cc3N3CCN(Cc4cccc5ccnn45)CC3)C2=O)C(=O)N1. The number of piperazine rings is 1. The molecular formula is C25H25FN6O3. The highest BCUT2D eigenvalue weighted by Crippen LogP contribution is 2.35. The van der Waals surface area contributed by atoms with E-state index in [-0.39, 0.29) is 31.2 Å². The van der Waals surface area contributed by atoms with Crippen LogP contribution in [0.1, 0.15) is 34.5 Å². The average Bonchev–Trinajstić information content (AvgIpc) is 3.45. The molecule has 10 heteroatoms. The Kier molecular flexibility index (Phi) is 5.25. The minimum atomic E-state index is -0.717. The zero-order valence-corrected chi connectivity index (χ0v) is 19.1. The van der Waals surface area contributed by atoms with Gasteiger partial charge in [-0.2, -0.15) is 5.10 Å². The van der Waals surface area contributed by atoms with Crippen LogP contribution in [0.5, 0.6) is 0 Å². The fraction of sp³-hybridized carbons (Fsp3) is 0.360. The monoisotopic (exact) mass is 476 g/mol. The number of fused-ring (bicyclic) bond motifs is 2. The van der Waals surface area contributed by atoms with Crippen LogP contribution in [0, 0.1) is 5.82 Å². The van der Waals surface area contributed by atoms with Crippen molar-refractivity contribution in [2.45, 2.75) is 32.0 Å². The fourth-order valence-electron chi connectivity index (χ4n) is 5.39. The van der Waals surface area contributed by atoms with E-state index < -0.39 is 17.8 Å². The molecule has 0 radical (unpaired) electrons. The summed E-state index contributed by atoms with van der Waals surface area (Å²) in [5.41, 5.74) is 3.92. The maximum absolute atomic E-state index is 14.6. The second-order valence-corrected chi connectivity index (χ2v) is 9.30. The first kappa shape index (κ1) is 21.7. The molecule has 0 aliphatic carbocycles. The van der Waals surface area contributed by atoms with Gasteiger partial charge in [0.2, 0.25) is 11.8 Å². The van der Waals surface area contributed by atoms with Crippen LogP contribution in [-0.2, 0) is 22.7 Å². The van der Waals surface area contributed by atoms with Crippen LogP contribution in [0.15, 0.2) is 42.6 Å². The van der Waals surface area contributed by atoms with Gasteiger partial charge in [0.05, 0.1) is 11.2 Å². The van der Waals surface area contributed by atoms with E-state index >= 15 is 0 Å². The summed E-state index contributed by atoms with van der Waals surface area (Å²) >= 11 is 0. The minimum absolute atomic E-state index is 0.186. The minimum Gasteiger partial charge on any atom is -0.369 e. The molecule has 1 atom stereocenters. The predicted octanol–water partition coefficient (Wildman–Crippen LogP) is 1.56. The number of carbonyl (C=O) groups is 3. The molecule has 1 unspecified atom stereocenters. The van der Waals surface area contributed by atoms with Crippen LogP contribution in [0.25, 0.3) is 5.52 Å². The number of piperidine rings is 1. The number of benzene rings is 1. The Morgan fingerprint density at radius 1 is 1.06 bits per heavy atom. The maximum Gasteiger partial charge on any atom is 0.255 e. The number of anilines is 1. The maximum atomic E-state index is 14.6. The van der Waals surface area contributed by atoms with E-state index in [1.807, 2.05) is 22.7 Å². The van der Waals surface area contributed by atoms with Crippen molar-refractivity contribution in [1.29, 1.82) is 0 Å². The van der Waals surface area contributed by atoms with Gasteiger partial charge >= 0.3 is 0 Å². The van der Waals surface area contributed by atoms with E-state index in [1.165, 1.54) is 17.0 Å². The van der Waals surface area contributed by atoms with Crippen LogP contribution in [0.4, 0.5) is 10.1 Å². The molecule has 3 aromatic rings. The molecule has 3 aliphatic heterocycles. The number of nitrogens with one attached hydrogen (secondary N) is 1. The number of hydrogen-bond acceptors (Lipinski definition) is 6. The summed E-state index contributed by atoms with van der Waals surface area (Å²) in [6, 6.07) is 10.1. The van der Waals surface area contributed by atoms with Gasteiger partial charge in [0, 0.05) is 68.7 Å². The first-order valence-electron chi connectivity index (χ1n) is 11.8. The van der Waals surface area contributed by atoms with E-state index in [1.54, 1.807) is 6.20 Å². The number of nitrogens with zero attached hydrogens (tertiary/aromatic N) is 5. The van der Waals surface area contributed by atoms with Crippen molar-refractivity contribution in [3.05, 3.63) is 65.2 Å². The van der Waals surface area contributed by atoms with Crippen molar-refractivity contribution in [3.8, 4) is 0 Å². The highest BCUT2D eigenvalue weighted by molar-refractivity contribution is 6.06. The summed E-state index contributed by atoms with van der Waals surface area (Å²) in [4.78, 5) is 42.9. The number of pyridine rings is 1. The Bertz CT molecular complexity index is 1350. The van der Waals surface area contributed by atoms with Crippen molar-refractivity contribution in [3.63, 3.8) is 0 Å². The van der Waals surface area contributed by atoms with Gasteiger partial charge in [0.25, 0.3) is 5.91 Å². The smallest absolute Gasteiger partial charge is 0.255 e. The zero-order chi connectivity index (χ0) is 24.1. The number of rotatable bonds is 4. The standard InChI is InChI=1S/C25H25FN6O3/c26-16-12-19-20(15-31(25(19)35)21-4-5-23(33)28-24(21)34)22(13-16)30-10-8-29(9-11-30)14-18-3-1-2-17-6-7-27-32(17)18/h1-3,6-7,12-13,21H,4-5,8-11,14-15H2,(H,28,33,34). The molecular weight excluding hydrogens is 451 g/mol. The molecule has 3 aliphatic rings. The normalized spacial score (nSPS) is 21.1. The molecule has 2 fully saturated rings. The zero-order valence-electron chi connectivity index (χ0n) is 19.1. The summed E-state index contributed by atoms with van der Waals surface area (Å²) in [6.07, 6.45) is 2.26. The third-order valence-electron chi connectivity index (χ3n) is 7.20. The van der Waals surface area contributed by atoms with Gasteiger partial charge in [-0.15, -0.1) is 0 Å². The number of amides is 3. The van der Waals surface area contributed by atoms with Crippen LogP contribution in [0.2, 0.25) is 0 Å². The molecule has 2 aromatic heterocycles. The van der Waals surface area contributed by atoms with Gasteiger partial charge in [-0.25, -0.2) is 8.91 Å². The molecule has 1 aromatic carbocycles. The Balaban J connectivity index is 1.19. The fourth-order valence-corrected chi connectivity index (χ4v) is 5.39. The van der Waals surface area contributed by atoms with E-state index in [2.05, 4.69) is 26.3 Å². The Morgan fingerprint density at radius 3 is 2.69 bits per heavy atom. The van der Waals surface area contributed by atoms with Gasteiger partial charge in [0.15, 0.2) is 0 Å². The summed E-state index contributed by atoms with van der Waals surface area (Å²) in [5, 5.41) is 6.72. The molecule has 0 saturated carbocycles. The first-order chi connectivity index (χ1) is 17.0. The molecule has 180 valence electrons. The molecule has 3 amide bonds. The number of halogens is 1. The van der Waals surface area contributed by atoms with E-state index in [0.717, 1.165) is 36.4 Å². The van der Waals surface area contributed by atoms with Crippen molar-refractivity contribution >= 4 is 28.9 Å². The van der Waals surface area contributed by atoms with Crippen LogP contribution >= 0.6 is 0 Å². The van der Waals surface area contributed by atoms with Gasteiger partial charge in [-0.05, 0) is 36.8 Å². The van der Waals surface area contributed by atoms with Crippen LogP contribution in [-0.4, -0.2) is 69.4 Å². The lowest BCUT2D eigenvalue weighted by Crippen LogP contribution is -2.52.